The van der Waals surface area contributed by atoms with Crippen molar-refractivity contribution in [3.05, 3.63) is 60.1 Å². The number of aliphatic hydroxyl groups is 1. The van der Waals surface area contributed by atoms with E-state index in [-0.39, 0.29) is 30.8 Å². The van der Waals surface area contributed by atoms with Crippen molar-refractivity contribution in [2.24, 2.45) is 17.8 Å². The number of amides is 2. The number of rotatable bonds is 13. The van der Waals surface area contributed by atoms with Gasteiger partial charge >= 0.3 is 5.97 Å². The first-order valence-electron chi connectivity index (χ1n) is 15.0. The monoisotopic (exact) mass is 602 g/mol. The number of anilines is 2. The molecule has 43 heavy (non-hydrogen) atoms. The maximum Gasteiger partial charge on any atom is 0.303 e. The van der Waals surface area contributed by atoms with Crippen molar-refractivity contribution in [3.8, 4) is 22.4 Å². The third-order valence-corrected chi connectivity index (χ3v) is 9.49. The third-order valence-electron chi connectivity index (χ3n) is 8.64. The van der Waals surface area contributed by atoms with Crippen molar-refractivity contribution in [2.75, 3.05) is 23.0 Å². The lowest BCUT2D eigenvalue weighted by Gasteiger charge is -2.27. The van der Waals surface area contributed by atoms with Crippen LogP contribution >= 0.6 is 11.3 Å². The maximum atomic E-state index is 12.3. The van der Waals surface area contributed by atoms with Crippen LogP contribution in [0.25, 0.3) is 22.4 Å². The smallest absolute Gasteiger partial charge is 0.303 e. The zero-order valence-electron chi connectivity index (χ0n) is 24.3. The van der Waals surface area contributed by atoms with Gasteiger partial charge in [0, 0.05) is 42.1 Å². The van der Waals surface area contributed by atoms with Crippen LogP contribution in [0.15, 0.2) is 60.1 Å². The Kier molecular flexibility index (Phi) is 9.99. The minimum Gasteiger partial charge on any atom is -0.481 e. The molecule has 9 nitrogen and oxygen atoms in total. The van der Waals surface area contributed by atoms with Gasteiger partial charge in [0.1, 0.15) is 5.82 Å². The van der Waals surface area contributed by atoms with Gasteiger partial charge < -0.3 is 10.2 Å². The minimum atomic E-state index is -0.818. The predicted octanol–water partition coefficient (Wildman–Crippen LogP) is 5.80. The molecule has 1 aliphatic heterocycles. The van der Waals surface area contributed by atoms with Crippen LogP contribution in [0.5, 0.6) is 0 Å². The lowest BCUT2D eigenvalue weighted by molar-refractivity contribution is -0.138. The largest absolute Gasteiger partial charge is 0.481 e. The van der Waals surface area contributed by atoms with Crippen molar-refractivity contribution in [3.63, 3.8) is 0 Å². The molecule has 3 heterocycles. The minimum absolute atomic E-state index is 0.0526. The van der Waals surface area contributed by atoms with Gasteiger partial charge in [-0.3, -0.25) is 24.2 Å². The summed E-state index contributed by atoms with van der Waals surface area (Å²) < 4.78 is 0. The number of benzene rings is 1. The van der Waals surface area contributed by atoms with Crippen molar-refractivity contribution >= 4 is 40.6 Å². The molecule has 1 unspecified atom stereocenters. The van der Waals surface area contributed by atoms with E-state index in [1.165, 1.54) is 16.2 Å². The van der Waals surface area contributed by atoms with Gasteiger partial charge in [0.15, 0.2) is 5.13 Å². The molecule has 1 aliphatic carbocycles. The van der Waals surface area contributed by atoms with Gasteiger partial charge in [-0.1, -0.05) is 56.2 Å². The van der Waals surface area contributed by atoms with Crippen molar-refractivity contribution in [2.45, 2.75) is 57.9 Å². The molecule has 226 valence electrons. The number of carbonyl (C=O) groups excluding carboxylic acids is 2. The van der Waals surface area contributed by atoms with Crippen LogP contribution in [0, 0.1) is 17.8 Å². The Labute approximate surface area is 255 Å². The molecule has 2 aromatic heterocycles. The molecular formula is C33H38N4O5S. The van der Waals surface area contributed by atoms with Gasteiger partial charge in [0.25, 0.3) is 0 Å². The first kappa shape index (κ1) is 30.6. The first-order chi connectivity index (χ1) is 20.9. The number of carboxylic acid groups (broad SMARTS) is 1. The number of hydrogen-bond donors (Lipinski definition) is 2. The van der Waals surface area contributed by atoms with Gasteiger partial charge in [-0.25, -0.2) is 9.97 Å². The summed E-state index contributed by atoms with van der Waals surface area (Å²) in [6.07, 6.45) is 12.2. The number of thiazole rings is 1. The van der Waals surface area contributed by atoms with Crippen LogP contribution < -0.4 is 9.80 Å². The number of aromatic nitrogens is 2. The average molecular weight is 603 g/mol. The number of hydrogen-bond acceptors (Lipinski definition) is 7. The summed E-state index contributed by atoms with van der Waals surface area (Å²) in [5, 5.41) is 22.0. The van der Waals surface area contributed by atoms with Crippen LogP contribution in [0.1, 0.15) is 51.9 Å². The summed E-state index contributed by atoms with van der Waals surface area (Å²) in [4.78, 5) is 48.4. The van der Waals surface area contributed by atoms with Gasteiger partial charge in [0.05, 0.1) is 18.3 Å². The molecule has 1 saturated carbocycles. The fourth-order valence-electron chi connectivity index (χ4n) is 6.39. The molecule has 2 N–H and O–H groups in total. The predicted molar refractivity (Wildman–Crippen MR) is 168 cm³/mol. The molecule has 5 rings (SSSR count). The van der Waals surface area contributed by atoms with E-state index in [1.54, 1.807) is 11.1 Å². The topological polar surface area (TPSA) is 124 Å². The number of pyridine rings is 1. The number of aliphatic carboxylic acids is 1. The molecule has 0 bridgehead atoms. The second-order valence-electron chi connectivity index (χ2n) is 11.5. The van der Waals surface area contributed by atoms with Gasteiger partial charge in [-0.15, -0.1) is 11.3 Å². The van der Waals surface area contributed by atoms with Crippen LogP contribution in [0.4, 0.5) is 10.9 Å². The quantitative estimate of drug-likeness (QED) is 0.187. The Morgan fingerprint density at radius 1 is 1.14 bits per heavy atom. The molecule has 2 amide bonds. The second-order valence-corrected chi connectivity index (χ2v) is 12.3. The zero-order chi connectivity index (χ0) is 30.3. The van der Waals surface area contributed by atoms with E-state index in [0.717, 1.165) is 48.8 Å². The molecular weight excluding hydrogens is 564 g/mol. The molecule has 3 aromatic rings. The Hall–Kier alpha value is -3.89. The Bertz CT molecular complexity index is 1450. The summed E-state index contributed by atoms with van der Waals surface area (Å²) in [6.45, 7) is 2.36. The molecule has 1 aromatic carbocycles. The fourth-order valence-corrected chi connectivity index (χ4v) is 7.24. The molecule has 2 fully saturated rings. The number of nitrogens with zero attached hydrogens (tertiary/aromatic N) is 4. The highest BCUT2D eigenvalue weighted by Crippen LogP contribution is 2.38. The van der Waals surface area contributed by atoms with E-state index in [9.17, 15) is 24.6 Å². The number of carboxylic acids is 1. The summed E-state index contributed by atoms with van der Waals surface area (Å²) in [5.74, 6) is 0.331. The van der Waals surface area contributed by atoms with Crippen LogP contribution in [-0.2, 0) is 14.4 Å². The highest BCUT2D eigenvalue weighted by molar-refractivity contribution is 7.14. The van der Waals surface area contributed by atoms with Crippen LogP contribution in [-0.4, -0.2) is 57.7 Å². The highest BCUT2D eigenvalue weighted by Gasteiger charge is 2.30. The molecule has 2 aliphatic rings. The Morgan fingerprint density at radius 2 is 1.91 bits per heavy atom. The molecule has 3 atom stereocenters. The SMILES string of the molecule is CC(CC(=O)O)[C@H](/C=C\[C@@H](CO)N(C=O)c1nc(-c2ccccc2-c2ccc(N3CCCC3=O)nc2)cs1)C1CCCC1. The molecule has 10 heteroatoms. The lowest BCUT2D eigenvalue weighted by atomic mass is 9.79. The van der Waals surface area contributed by atoms with E-state index < -0.39 is 12.0 Å². The molecule has 1 saturated heterocycles. The second kappa shape index (κ2) is 14.1. The van der Waals surface area contributed by atoms with E-state index in [2.05, 4.69) is 4.98 Å². The summed E-state index contributed by atoms with van der Waals surface area (Å²) in [7, 11) is 0. The van der Waals surface area contributed by atoms with Gasteiger partial charge in [-0.2, -0.15) is 0 Å². The lowest BCUT2D eigenvalue weighted by Crippen LogP contribution is -2.36. The number of aliphatic hydroxyl groups excluding tert-OH is 1. The van der Waals surface area contributed by atoms with E-state index in [1.807, 2.05) is 60.9 Å². The van der Waals surface area contributed by atoms with Crippen LogP contribution in [0.2, 0.25) is 0 Å². The van der Waals surface area contributed by atoms with Crippen molar-refractivity contribution < 1.29 is 24.6 Å². The molecule has 0 radical (unpaired) electrons. The molecule has 0 spiro atoms. The van der Waals surface area contributed by atoms with Gasteiger partial charge in [0.2, 0.25) is 12.3 Å². The van der Waals surface area contributed by atoms with E-state index in [4.69, 9.17) is 4.98 Å². The maximum absolute atomic E-state index is 12.3. The van der Waals surface area contributed by atoms with Crippen LogP contribution in [0.3, 0.4) is 0 Å². The Morgan fingerprint density at radius 3 is 2.53 bits per heavy atom. The van der Waals surface area contributed by atoms with E-state index in [0.29, 0.717) is 41.9 Å². The first-order valence-corrected chi connectivity index (χ1v) is 15.8. The fraction of sp³-hybridized carbons (Fsp3) is 0.424. The highest BCUT2D eigenvalue weighted by atomic mass is 32.1. The summed E-state index contributed by atoms with van der Waals surface area (Å²) in [6, 6.07) is 11.0. The van der Waals surface area contributed by atoms with Gasteiger partial charge in [-0.05, 0) is 54.7 Å². The normalized spacial score (nSPS) is 17.8. The third kappa shape index (κ3) is 7.02. The summed E-state index contributed by atoms with van der Waals surface area (Å²) in [5.41, 5.74) is 3.38. The zero-order valence-corrected chi connectivity index (χ0v) is 25.2. The Balaban J connectivity index is 1.37. The number of allylic oxidation sites excluding steroid dienone is 1. The standard InChI is InChI=1S/C33H38N4O5S/c1-22(17-32(41)42)26(23-7-2-3-8-23)14-13-25(19-38)37(21-39)33-35-29(20-43-33)28-10-5-4-9-27(28)24-12-15-30(34-18-24)36-16-6-11-31(36)40/h4-5,9-10,12-15,18,20-23,25-26,38H,2-3,6-8,11,16-17,19H2,1H3,(H,41,42)/b14-13-/t22?,25-,26-/m0/s1. The van der Waals surface area contributed by atoms with Crippen molar-refractivity contribution in [1.29, 1.82) is 0 Å². The number of carbonyl (C=O) groups is 3. The van der Waals surface area contributed by atoms with E-state index >= 15 is 0 Å². The average Bonchev–Trinajstić information content (AvgIpc) is 3.80. The summed E-state index contributed by atoms with van der Waals surface area (Å²) >= 11 is 1.32. The van der Waals surface area contributed by atoms with Crippen molar-refractivity contribution in [1.82, 2.24) is 9.97 Å².